The van der Waals surface area contributed by atoms with Crippen LogP contribution in [0.1, 0.15) is 0 Å². The molecule has 20 heavy (non-hydrogen) atoms. The molecular weight excluding hydrogens is 317 g/mol. The molecule has 0 amide bonds. The van der Waals surface area contributed by atoms with E-state index in [1.807, 2.05) is 6.08 Å². The second-order valence-corrected chi connectivity index (χ2v) is 5.29. The van der Waals surface area contributed by atoms with Crippen molar-refractivity contribution < 1.29 is 9.53 Å². The van der Waals surface area contributed by atoms with E-state index in [-0.39, 0.29) is 6.04 Å². The van der Waals surface area contributed by atoms with E-state index in [1.54, 1.807) is 30.4 Å². The fraction of sp³-hybridized carbons (Fsp3) is 0.143. The maximum atomic E-state index is 11.6. The molecule has 2 rings (SSSR count). The van der Waals surface area contributed by atoms with Gasteiger partial charge in [-0.25, -0.2) is 4.79 Å². The molecule has 0 radical (unpaired) electrons. The Labute approximate surface area is 132 Å². The number of anilines is 1. The summed E-state index contributed by atoms with van der Waals surface area (Å²) >= 11 is 17.5. The van der Waals surface area contributed by atoms with Gasteiger partial charge in [0.15, 0.2) is 0 Å². The van der Waals surface area contributed by atoms with Gasteiger partial charge in [0, 0.05) is 0 Å². The van der Waals surface area contributed by atoms with Crippen LogP contribution in [0.4, 0.5) is 5.69 Å². The Morgan fingerprint density at radius 2 is 2.00 bits per heavy atom. The van der Waals surface area contributed by atoms with E-state index >= 15 is 0 Å². The number of esters is 1. The summed E-state index contributed by atoms with van der Waals surface area (Å²) in [5, 5.41) is 4.11. The van der Waals surface area contributed by atoms with Crippen molar-refractivity contribution in [3.8, 4) is 0 Å². The number of para-hydroxylation sites is 1. The predicted octanol–water partition coefficient (Wildman–Crippen LogP) is 3.81. The maximum absolute atomic E-state index is 11.6. The SMILES string of the molecule is COC(=O)C1=CC=CC(Nc2c(Cl)cccc2Cl)C1=S. The number of carbonyl (C=O) groups is 1. The lowest BCUT2D eigenvalue weighted by Crippen LogP contribution is -2.32. The van der Waals surface area contributed by atoms with Crippen molar-refractivity contribution in [1.29, 1.82) is 0 Å². The van der Waals surface area contributed by atoms with Crippen molar-refractivity contribution in [2.24, 2.45) is 0 Å². The average molecular weight is 328 g/mol. The van der Waals surface area contributed by atoms with Gasteiger partial charge in [0.25, 0.3) is 0 Å². The molecule has 0 spiro atoms. The molecule has 0 saturated heterocycles. The van der Waals surface area contributed by atoms with Gasteiger partial charge < -0.3 is 10.1 Å². The number of methoxy groups -OCH3 is 1. The number of carbonyl (C=O) groups excluding carboxylic acids is 1. The van der Waals surface area contributed by atoms with Gasteiger partial charge >= 0.3 is 5.97 Å². The van der Waals surface area contributed by atoms with E-state index in [9.17, 15) is 4.79 Å². The second kappa shape index (κ2) is 6.39. The molecule has 1 aliphatic carbocycles. The fourth-order valence-corrected chi connectivity index (χ4v) is 2.58. The van der Waals surface area contributed by atoms with Gasteiger partial charge in [0.1, 0.15) is 0 Å². The molecular formula is C14H11Cl2NO2S. The van der Waals surface area contributed by atoms with Crippen LogP contribution in [-0.2, 0) is 9.53 Å². The standard InChI is InChI=1S/C14H11Cl2NO2S/c1-19-14(18)8-4-2-7-11(13(8)20)17-12-9(15)5-3-6-10(12)16/h2-7,11,17H,1H3. The van der Waals surface area contributed by atoms with Crippen LogP contribution in [0, 0.1) is 0 Å². The lowest BCUT2D eigenvalue weighted by atomic mass is 10.00. The molecule has 104 valence electrons. The van der Waals surface area contributed by atoms with Crippen molar-refractivity contribution >= 4 is 51.9 Å². The van der Waals surface area contributed by atoms with Crippen LogP contribution in [0.5, 0.6) is 0 Å². The predicted molar refractivity (Wildman–Crippen MR) is 85.7 cm³/mol. The van der Waals surface area contributed by atoms with Crippen LogP contribution in [0.25, 0.3) is 0 Å². The van der Waals surface area contributed by atoms with Crippen molar-refractivity contribution in [2.45, 2.75) is 6.04 Å². The number of halogens is 2. The monoisotopic (exact) mass is 327 g/mol. The molecule has 0 fully saturated rings. The Hall–Kier alpha value is -1.36. The number of benzene rings is 1. The summed E-state index contributed by atoms with van der Waals surface area (Å²) in [6.45, 7) is 0. The van der Waals surface area contributed by atoms with E-state index < -0.39 is 5.97 Å². The van der Waals surface area contributed by atoms with Gasteiger partial charge in [-0.15, -0.1) is 0 Å². The first-order valence-corrected chi connectivity index (χ1v) is 6.92. The van der Waals surface area contributed by atoms with Gasteiger partial charge in [0.05, 0.1) is 39.3 Å². The minimum atomic E-state index is -0.462. The normalized spacial score (nSPS) is 17.6. The zero-order valence-electron chi connectivity index (χ0n) is 10.5. The van der Waals surface area contributed by atoms with E-state index in [4.69, 9.17) is 40.2 Å². The van der Waals surface area contributed by atoms with Gasteiger partial charge in [-0.2, -0.15) is 0 Å². The molecule has 6 heteroatoms. The molecule has 1 atom stereocenters. The van der Waals surface area contributed by atoms with Gasteiger partial charge in [0.2, 0.25) is 0 Å². The van der Waals surface area contributed by atoms with Gasteiger partial charge in [-0.05, 0) is 18.2 Å². The van der Waals surface area contributed by atoms with Crippen molar-refractivity contribution in [1.82, 2.24) is 0 Å². The lowest BCUT2D eigenvalue weighted by molar-refractivity contribution is -0.135. The molecule has 1 unspecified atom stereocenters. The third-order valence-corrected chi connectivity index (χ3v) is 3.89. The first-order valence-electron chi connectivity index (χ1n) is 5.76. The molecule has 0 aromatic heterocycles. The van der Waals surface area contributed by atoms with Crippen molar-refractivity contribution in [2.75, 3.05) is 12.4 Å². The number of nitrogens with one attached hydrogen (secondary N) is 1. The first-order chi connectivity index (χ1) is 9.54. The van der Waals surface area contributed by atoms with Crippen LogP contribution in [0.3, 0.4) is 0 Å². The van der Waals surface area contributed by atoms with E-state index in [2.05, 4.69) is 5.32 Å². The minimum absolute atomic E-state index is 0.346. The topological polar surface area (TPSA) is 38.3 Å². The molecule has 0 aliphatic heterocycles. The molecule has 3 nitrogen and oxygen atoms in total. The number of allylic oxidation sites excluding steroid dienone is 2. The Morgan fingerprint density at radius 1 is 1.35 bits per heavy atom. The van der Waals surface area contributed by atoms with Crippen molar-refractivity contribution in [3.05, 3.63) is 52.0 Å². The highest BCUT2D eigenvalue weighted by Crippen LogP contribution is 2.31. The Morgan fingerprint density at radius 3 is 2.60 bits per heavy atom. The minimum Gasteiger partial charge on any atom is -0.465 e. The van der Waals surface area contributed by atoms with Crippen LogP contribution in [-0.4, -0.2) is 24.0 Å². The third kappa shape index (κ3) is 3.03. The smallest absolute Gasteiger partial charge is 0.339 e. The molecule has 1 aromatic rings. The summed E-state index contributed by atoms with van der Waals surface area (Å²) in [6.07, 6.45) is 5.19. The Bertz CT molecular complexity index is 605. The highest BCUT2D eigenvalue weighted by molar-refractivity contribution is 7.81. The second-order valence-electron chi connectivity index (χ2n) is 4.04. The quantitative estimate of drug-likeness (QED) is 0.676. The summed E-state index contributed by atoms with van der Waals surface area (Å²) < 4.78 is 4.70. The number of ether oxygens (including phenoxy) is 1. The zero-order chi connectivity index (χ0) is 14.7. The lowest BCUT2D eigenvalue weighted by Gasteiger charge is -2.22. The van der Waals surface area contributed by atoms with Crippen LogP contribution < -0.4 is 5.32 Å². The average Bonchev–Trinajstić information content (AvgIpc) is 2.44. The fourth-order valence-electron chi connectivity index (χ4n) is 1.78. The van der Waals surface area contributed by atoms with Crippen LogP contribution >= 0.6 is 35.4 Å². The molecule has 0 saturated carbocycles. The molecule has 1 aromatic carbocycles. The number of thiocarbonyl (C=S) groups is 1. The number of hydrogen-bond acceptors (Lipinski definition) is 4. The van der Waals surface area contributed by atoms with E-state index in [0.717, 1.165) is 0 Å². The van der Waals surface area contributed by atoms with Gasteiger partial charge in [-0.3, -0.25) is 0 Å². The van der Waals surface area contributed by atoms with Crippen LogP contribution in [0.2, 0.25) is 10.0 Å². The summed E-state index contributed by atoms with van der Waals surface area (Å²) in [6, 6.07) is 4.86. The molecule has 0 heterocycles. The first kappa shape index (κ1) is 15.0. The summed E-state index contributed by atoms with van der Waals surface area (Å²) in [5.41, 5.74) is 0.935. The zero-order valence-corrected chi connectivity index (χ0v) is 12.9. The largest absolute Gasteiger partial charge is 0.465 e. The Kier molecular flexibility index (Phi) is 4.81. The van der Waals surface area contributed by atoms with Gasteiger partial charge in [-0.1, -0.05) is 53.6 Å². The number of hydrogen-bond donors (Lipinski definition) is 1. The molecule has 1 aliphatic rings. The highest BCUT2D eigenvalue weighted by Gasteiger charge is 2.24. The maximum Gasteiger partial charge on any atom is 0.339 e. The van der Waals surface area contributed by atoms with Crippen molar-refractivity contribution in [3.63, 3.8) is 0 Å². The molecule has 0 bridgehead atoms. The van der Waals surface area contributed by atoms with E-state index in [0.29, 0.717) is 26.2 Å². The molecule has 1 N–H and O–H groups in total. The third-order valence-electron chi connectivity index (χ3n) is 2.78. The summed E-state index contributed by atoms with van der Waals surface area (Å²) in [7, 11) is 1.32. The van der Waals surface area contributed by atoms with E-state index in [1.165, 1.54) is 7.11 Å². The highest BCUT2D eigenvalue weighted by atomic mass is 35.5. The summed E-state index contributed by atoms with van der Waals surface area (Å²) in [4.78, 5) is 12.1. The summed E-state index contributed by atoms with van der Waals surface area (Å²) in [5.74, 6) is -0.462. The number of rotatable bonds is 3. The Balaban J connectivity index is 2.24. The van der Waals surface area contributed by atoms with Crippen LogP contribution in [0.15, 0.2) is 42.0 Å².